The first-order valence-corrected chi connectivity index (χ1v) is 20.1. The Kier molecular flexibility index (Phi) is 8.79. The molecule has 0 saturated heterocycles. The maximum absolute atomic E-state index is 5.01. The summed E-state index contributed by atoms with van der Waals surface area (Å²) in [6, 6.07) is 67.9. The van der Waals surface area contributed by atoms with Crippen molar-refractivity contribution >= 4 is 55.9 Å². The molecule has 3 heterocycles. The molecular formula is C53H45N5. The highest BCUT2D eigenvalue weighted by molar-refractivity contribution is 6.11. The van der Waals surface area contributed by atoms with Crippen molar-refractivity contribution < 1.29 is 0 Å². The molecular weight excluding hydrogens is 707 g/mol. The quantitative estimate of drug-likeness (QED) is 0.155. The van der Waals surface area contributed by atoms with Gasteiger partial charge in [0.2, 0.25) is 0 Å². The van der Waals surface area contributed by atoms with Crippen LogP contribution in [0.4, 0.5) is 34.1 Å². The molecule has 5 heteroatoms. The highest BCUT2D eigenvalue weighted by Crippen LogP contribution is 2.45. The first kappa shape index (κ1) is 35.3. The molecule has 0 amide bonds. The van der Waals surface area contributed by atoms with E-state index in [2.05, 4.69) is 228 Å². The minimum atomic E-state index is -0.0222. The fraction of sp³-hybridized carbons (Fsp3) is 0.113. The molecule has 0 bridgehead atoms. The van der Waals surface area contributed by atoms with Gasteiger partial charge in [0.1, 0.15) is 5.82 Å². The number of pyridine rings is 1. The molecule has 0 radical (unpaired) electrons. The van der Waals surface area contributed by atoms with Gasteiger partial charge in [-0.05, 0) is 107 Å². The Morgan fingerprint density at radius 2 is 1.22 bits per heavy atom. The van der Waals surface area contributed by atoms with Gasteiger partial charge < -0.3 is 14.7 Å². The summed E-state index contributed by atoms with van der Waals surface area (Å²) in [6.07, 6.45) is 1.95. The van der Waals surface area contributed by atoms with E-state index in [9.17, 15) is 0 Å². The van der Waals surface area contributed by atoms with E-state index in [1.807, 2.05) is 6.20 Å². The molecule has 5 nitrogen and oxygen atoms in total. The van der Waals surface area contributed by atoms with Crippen LogP contribution < -0.4 is 14.7 Å². The molecule has 10 rings (SSSR count). The van der Waals surface area contributed by atoms with E-state index in [0.717, 1.165) is 52.8 Å². The molecule has 1 aliphatic rings. The summed E-state index contributed by atoms with van der Waals surface area (Å²) in [5, 5.41) is 2.39. The van der Waals surface area contributed by atoms with E-state index in [1.54, 1.807) is 0 Å². The van der Waals surface area contributed by atoms with Gasteiger partial charge in [0.25, 0.3) is 0 Å². The zero-order valence-electron chi connectivity index (χ0n) is 33.1. The molecule has 7 aromatic carbocycles. The fourth-order valence-corrected chi connectivity index (χ4v) is 8.48. The molecule has 0 atom stereocenters. The summed E-state index contributed by atoms with van der Waals surface area (Å²) in [5.74, 6) is 0.915. The number of anilines is 6. The molecule has 0 saturated carbocycles. The summed E-state index contributed by atoms with van der Waals surface area (Å²) in [7, 11) is 0. The van der Waals surface area contributed by atoms with Gasteiger partial charge in [-0.25, -0.2) is 4.98 Å². The second-order valence-corrected chi connectivity index (χ2v) is 16.2. The third-order valence-corrected chi connectivity index (χ3v) is 11.4. The smallest absolute Gasteiger partial charge is 0.137 e. The zero-order valence-corrected chi connectivity index (χ0v) is 33.1. The Bertz CT molecular complexity index is 2890. The molecule has 0 aliphatic carbocycles. The average molecular weight is 752 g/mol. The van der Waals surface area contributed by atoms with Crippen molar-refractivity contribution in [2.75, 3.05) is 21.4 Å². The van der Waals surface area contributed by atoms with E-state index in [1.165, 1.54) is 44.4 Å². The van der Waals surface area contributed by atoms with E-state index in [-0.39, 0.29) is 5.41 Å². The van der Waals surface area contributed by atoms with Gasteiger partial charge in [-0.2, -0.15) is 0 Å². The topological polar surface area (TPSA) is 27.5 Å². The third kappa shape index (κ3) is 6.45. The predicted octanol–water partition coefficient (Wildman–Crippen LogP) is 13.7. The highest BCUT2D eigenvalue weighted by atomic mass is 15.4. The molecule has 282 valence electrons. The number of para-hydroxylation sites is 3. The largest absolute Gasteiger partial charge is 0.347 e. The Hall–Kier alpha value is -7.11. The van der Waals surface area contributed by atoms with Crippen molar-refractivity contribution in [2.45, 2.75) is 32.7 Å². The van der Waals surface area contributed by atoms with Crippen LogP contribution in [0.2, 0.25) is 0 Å². The van der Waals surface area contributed by atoms with Crippen LogP contribution in [0.5, 0.6) is 0 Å². The van der Waals surface area contributed by atoms with Gasteiger partial charge in [-0.1, -0.05) is 130 Å². The van der Waals surface area contributed by atoms with E-state index < -0.39 is 0 Å². The van der Waals surface area contributed by atoms with Gasteiger partial charge >= 0.3 is 0 Å². The monoisotopic (exact) mass is 751 g/mol. The lowest BCUT2D eigenvalue weighted by Crippen LogP contribution is -2.27. The maximum atomic E-state index is 5.01. The normalized spacial score (nSPS) is 12.7. The van der Waals surface area contributed by atoms with Crippen molar-refractivity contribution in [1.82, 2.24) is 9.55 Å². The number of benzene rings is 7. The van der Waals surface area contributed by atoms with Crippen LogP contribution in [0.15, 0.2) is 194 Å². The Labute approximate surface area is 340 Å². The molecule has 0 N–H and O–H groups in total. The zero-order chi connectivity index (χ0) is 39.2. The predicted molar refractivity (Wildman–Crippen MR) is 243 cm³/mol. The standard InChI is InChI=1S/C53H45N5/c1-53(2,3)41-30-31-54-52(33-41)58-48-29-26-40(39-18-9-5-10-19-39)32-47(48)46-28-27-45(35-51(46)58)57(42-20-11-6-12-21-42)44-23-15-22-43(34-44)56-37-55(36-38-16-7-4-8-17-38)49-24-13-14-25-50(49)56/h4-35H,36-37H2,1-3H3. The molecule has 0 unspecified atom stereocenters. The number of aromatic nitrogens is 2. The number of nitrogens with zero attached hydrogens (tertiary/aromatic N) is 5. The van der Waals surface area contributed by atoms with Crippen molar-refractivity contribution in [3.63, 3.8) is 0 Å². The van der Waals surface area contributed by atoms with Gasteiger partial charge in [0.15, 0.2) is 0 Å². The average Bonchev–Trinajstić information content (AvgIpc) is 3.79. The number of rotatable bonds is 8. The summed E-state index contributed by atoms with van der Waals surface area (Å²) < 4.78 is 2.35. The Morgan fingerprint density at radius 1 is 0.534 bits per heavy atom. The SMILES string of the molecule is CC(C)(C)c1ccnc(-n2c3ccc(-c4ccccc4)cc3c3ccc(N(c4ccccc4)c4cccc(N5CN(Cc6ccccc6)c6ccccc65)c4)cc32)c1. The van der Waals surface area contributed by atoms with Gasteiger partial charge in [0, 0.05) is 46.3 Å². The summed E-state index contributed by atoms with van der Waals surface area (Å²) in [4.78, 5) is 12.3. The lowest BCUT2D eigenvalue weighted by Gasteiger charge is -2.28. The van der Waals surface area contributed by atoms with E-state index in [4.69, 9.17) is 4.98 Å². The molecule has 2 aromatic heterocycles. The second-order valence-electron chi connectivity index (χ2n) is 16.2. The van der Waals surface area contributed by atoms with Crippen LogP contribution in [-0.4, -0.2) is 16.2 Å². The van der Waals surface area contributed by atoms with Crippen molar-refractivity contribution in [3.8, 4) is 16.9 Å². The van der Waals surface area contributed by atoms with Crippen LogP contribution in [0.1, 0.15) is 31.9 Å². The molecule has 1 aliphatic heterocycles. The van der Waals surface area contributed by atoms with Gasteiger partial charge in [0.05, 0.1) is 29.1 Å². The number of hydrogen-bond donors (Lipinski definition) is 0. The van der Waals surface area contributed by atoms with Crippen LogP contribution in [0, 0.1) is 0 Å². The van der Waals surface area contributed by atoms with Crippen LogP contribution in [0.25, 0.3) is 38.8 Å². The minimum absolute atomic E-state index is 0.0222. The maximum Gasteiger partial charge on any atom is 0.137 e. The van der Waals surface area contributed by atoms with Crippen LogP contribution >= 0.6 is 0 Å². The number of hydrogen-bond acceptors (Lipinski definition) is 4. The lowest BCUT2D eigenvalue weighted by molar-refractivity contribution is 0.588. The van der Waals surface area contributed by atoms with Crippen molar-refractivity contribution in [3.05, 3.63) is 205 Å². The van der Waals surface area contributed by atoms with E-state index >= 15 is 0 Å². The number of fused-ring (bicyclic) bond motifs is 4. The van der Waals surface area contributed by atoms with Crippen molar-refractivity contribution in [2.24, 2.45) is 0 Å². The van der Waals surface area contributed by atoms with Gasteiger partial charge in [-0.3, -0.25) is 4.57 Å². The minimum Gasteiger partial charge on any atom is -0.347 e. The third-order valence-electron chi connectivity index (χ3n) is 11.4. The first-order chi connectivity index (χ1) is 28.4. The van der Waals surface area contributed by atoms with Crippen LogP contribution in [-0.2, 0) is 12.0 Å². The Morgan fingerprint density at radius 3 is 2.00 bits per heavy atom. The Balaban J connectivity index is 1.12. The molecule has 58 heavy (non-hydrogen) atoms. The summed E-state index contributed by atoms with van der Waals surface area (Å²) in [6.45, 7) is 8.39. The highest BCUT2D eigenvalue weighted by Gasteiger charge is 2.28. The van der Waals surface area contributed by atoms with Gasteiger partial charge in [-0.15, -0.1) is 0 Å². The fourth-order valence-electron chi connectivity index (χ4n) is 8.48. The summed E-state index contributed by atoms with van der Waals surface area (Å²) >= 11 is 0. The molecule has 0 spiro atoms. The van der Waals surface area contributed by atoms with Crippen molar-refractivity contribution in [1.29, 1.82) is 0 Å². The summed E-state index contributed by atoms with van der Waals surface area (Å²) in [5.41, 5.74) is 14.0. The molecule has 9 aromatic rings. The first-order valence-electron chi connectivity index (χ1n) is 20.1. The second kappa shape index (κ2) is 14.4. The molecule has 0 fully saturated rings. The lowest BCUT2D eigenvalue weighted by atomic mass is 9.88. The van der Waals surface area contributed by atoms with E-state index in [0.29, 0.717) is 0 Å². The van der Waals surface area contributed by atoms with Crippen LogP contribution in [0.3, 0.4) is 0 Å².